The van der Waals surface area contributed by atoms with Crippen LogP contribution >= 0.6 is 11.3 Å². The number of amides is 1. The third kappa shape index (κ3) is 5.35. The number of carbonyl (C=O) groups excluding carboxylic acids is 1. The summed E-state index contributed by atoms with van der Waals surface area (Å²) in [5.41, 5.74) is 2.48. The number of fused-ring (bicyclic) bond motifs is 1. The first-order chi connectivity index (χ1) is 15.3. The number of unbranched alkanes of at least 4 members (excludes halogenated alkanes) is 1. The molecule has 0 spiro atoms. The van der Waals surface area contributed by atoms with Gasteiger partial charge in [-0.05, 0) is 55.3 Å². The van der Waals surface area contributed by atoms with Crippen LogP contribution in [-0.2, 0) is 21.3 Å². The third-order valence-electron chi connectivity index (χ3n) is 5.19. The number of hydrogen-bond donors (Lipinski definition) is 0. The number of thiazole rings is 1. The Labute approximate surface area is 193 Å². The minimum Gasteiger partial charge on any atom is -0.383 e. The molecule has 9 heteroatoms. The smallest absolute Gasteiger partial charge is 0.279 e. The van der Waals surface area contributed by atoms with E-state index in [1.54, 1.807) is 14.2 Å². The van der Waals surface area contributed by atoms with Crippen LogP contribution in [0.4, 0.5) is 0 Å². The number of hydrogen-bond acceptors (Lipinski definition) is 5. The van der Waals surface area contributed by atoms with E-state index in [9.17, 15) is 13.2 Å². The second-order valence-corrected chi connectivity index (χ2v) is 10.7. The van der Waals surface area contributed by atoms with E-state index in [0.717, 1.165) is 28.6 Å². The van der Waals surface area contributed by atoms with Crippen LogP contribution in [0.3, 0.4) is 0 Å². The van der Waals surface area contributed by atoms with E-state index in [0.29, 0.717) is 30.1 Å². The molecule has 0 atom stereocenters. The Kier molecular flexibility index (Phi) is 8.00. The molecule has 1 aromatic heterocycles. The molecule has 0 aliphatic heterocycles. The molecular formula is C23H29N3O4S2. The number of methoxy groups -OCH3 is 1. The molecule has 0 aliphatic carbocycles. The van der Waals surface area contributed by atoms with Gasteiger partial charge in [0.1, 0.15) is 0 Å². The summed E-state index contributed by atoms with van der Waals surface area (Å²) in [5, 5.41) is 0. The number of aryl methyl sites for hydroxylation is 1. The topological polar surface area (TPSA) is 81.0 Å². The predicted octanol–water partition coefficient (Wildman–Crippen LogP) is 3.82. The maximum absolute atomic E-state index is 12.9. The second kappa shape index (κ2) is 10.5. The van der Waals surface area contributed by atoms with Crippen LogP contribution in [0.15, 0.2) is 52.4 Å². The van der Waals surface area contributed by atoms with Crippen LogP contribution in [-0.4, -0.2) is 50.5 Å². The highest BCUT2D eigenvalue weighted by Gasteiger charge is 2.20. The van der Waals surface area contributed by atoms with Gasteiger partial charge in [-0.15, -0.1) is 0 Å². The Balaban J connectivity index is 1.92. The molecule has 0 radical (unpaired) electrons. The lowest BCUT2D eigenvalue weighted by Gasteiger charge is -2.16. The van der Waals surface area contributed by atoms with Crippen LogP contribution in [0, 0.1) is 6.92 Å². The Morgan fingerprint density at radius 1 is 1.19 bits per heavy atom. The fourth-order valence-corrected chi connectivity index (χ4v) is 5.63. The van der Waals surface area contributed by atoms with Gasteiger partial charge in [-0.25, -0.2) is 12.7 Å². The molecule has 0 fully saturated rings. The number of rotatable bonds is 9. The number of nitrogens with zero attached hydrogens (tertiary/aromatic N) is 3. The predicted molar refractivity (Wildman–Crippen MR) is 127 cm³/mol. The first-order valence-electron chi connectivity index (χ1n) is 10.5. The number of aromatic nitrogens is 1. The molecule has 3 aromatic rings. The van der Waals surface area contributed by atoms with Crippen LogP contribution in [0.2, 0.25) is 0 Å². The Morgan fingerprint density at radius 2 is 1.91 bits per heavy atom. The maximum atomic E-state index is 12.9. The summed E-state index contributed by atoms with van der Waals surface area (Å²) in [7, 11) is -0.369. The van der Waals surface area contributed by atoms with Gasteiger partial charge in [0.15, 0.2) is 4.80 Å². The molecule has 3 rings (SSSR count). The van der Waals surface area contributed by atoms with Crippen molar-refractivity contribution >= 4 is 37.5 Å². The van der Waals surface area contributed by atoms with Gasteiger partial charge in [-0.1, -0.05) is 30.7 Å². The van der Waals surface area contributed by atoms with Gasteiger partial charge < -0.3 is 9.30 Å². The summed E-state index contributed by atoms with van der Waals surface area (Å²) >= 11 is 1.45. The molecule has 0 saturated carbocycles. The first-order valence-corrected chi connectivity index (χ1v) is 12.8. The molecule has 0 bridgehead atoms. The highest BCUT2D eigenvalue weighted by molar-refractivity contribution is 7.89. The minimum absolute atomic E-state index is 0.167. The normalized spacial score (nSPS) is 12.7. The average molecular weight is 476 g/mol. The number of ether oxygens (including phenoxy) is 1. The minimum atomic E-state index is -3.58. The SMILES string of the molecule is CCCCN(C)S(=O)(=O)c1ccc(C(=O)N=c2sc3cc(C)ccc3n2CCOC)cc1. The fourth-order valence-electron chi connectivity index (χ4n) is 3.27. The van der Waals surface area contributed by atoms with E-state index in [1.807, 2.05) is 30.5 Å². The number of benzene rings is 2. The molecule has 172 valence electrons. The molecule has 0 saturated heterocycles. The zero-order valence-electron chi connectivity index (χ0n) is 18.9. The van der Waals surface area contributed by atoms with Crippen LogP contribution in [0.25, 0.3) is 10.2 Å². The molecule has 0 unspecified atom stereocenters. The summed E-state index contributed by atoms with van der Waals surface area (Å²) < 4.78 is 35.0. The van der Waals surface area contributed by atoms with Crippen molar-refractivity contribution < 1.29 is 17.9 Å². The zero-order chi connectivity index (χ0) is 23.3. The Bertz CT molecular complexity index is 1260. The summed E-state index contributed by atoms with van der Waals surface area (Å²) in [5.74, 6) is -0.414. The molecule has 2 aromatic carbocycles. The van der Waals surface area contributed by atoms with Crippen molar-refractivity contribution in [2.75, 3.05) is 27.3 Å². The molecule has 7 nitrogen and oxygen atoms in total. The summed E-state index contributed by atoms with van der Waals surface area (Å²) in [6.07, 6.45) is 1.71. The van der Waals surface area contributed by atoms with E-state index in [1.165, 1.54) is 39.9 Å². The van der Waals surface area contributed by atoms with Crippen molar-refractivity contribution in [2.45, 2.75) is 38.1 Å². The highest BCUT2D eigenvalue weighted by atomic mass is 32.2. The van der Waals surface area contributed by atoms with Gasteiger partial charge in [0, 0.05) is 32.8 Å². The Hall–Kier alpha value is -2.33. The molecule has 1 amide bonds. The monoisotopic (exact) mass is 475 g/mol. The molecule has 0 aliphatic rings. The largest absolute Gasteiger partial charge is 0.383 e. The van der Waals surface area contributed by atoms with Crippen molar-refractivity contribution in [1.29, 1.82) is 0 Å². The van der Waals surface area contributed by atoms with Gasteiger partial charge in [0.25, 0.3) is 5.91 Å². The number of sulfonamides is 1. The standard InChI is InChI=1S/C23H29N3O4S2/c1-5-6-13-25(3)32(28,29)19-10-8-18(9-11-19)22(27)24-23-26(14-15-30-4)20-12-7-17(2)16-21(20)31-23/h7-12,16H,5-6,13-15H2,1-4H3. The summed E-state index contributed by atoms with van der Waals surface area (Å²) in [6.45, 7) is 5.57. The summed E-state index contributed by atoms with van der Waals surface area (Å²) in [4.78, 5) is 18.0. The van der Waals surface area contributed by atoms with E-state index in [4.69, 9.17) is 4.74 Å². The van der Waals surface area contributed by atoms with Gasteiger partial charge in [0.2, 0.25) is 10.0 Å². The van der Waals surface area contributed by atoms with E-state index in [2.05, 4.69) is 11.1 Å². The molecule has 1 heterocycles. The number of carbonyl (C=O) groups is 1. The van der Waals surface area contributed by atoms with Crippen LogP contribution < -0.4 is 4.80 Å². The van der Waals surface area contributed by atoms with Crippen molar-refractivity contribution in [3.05, 3.63) is 58.4 Å². The van der Waals surface area contributed by atoms with Crippen molar-refractivity contribution in [2.24, 2.45) is 4.99 Å². The van der Waals surface area contributed by atoms with Gasteiger partial charge in [0.05, 0.1) is 21.7 Å². The van der Waals surface area contributed by atoms with Crippen molar-refractivity contribution in [3.8, 4) is 0 Å². The quantitative estimate of drug-likeness (QED) is 0.471. The summed E-state index contributed by atoms with van der Waals surface area (Å²) in [6, 6.07) is 12.1. The highest BCUT2D eigenvalue weighted by Crippen LogP contribution is 2.20. The van der Waals surface area contributed by atoms with Crippen LogP contribution in [0.5, 0.6) is 0 Å². The zero-order valence-corrected chi connectivity index (χ0v) is 20.5. The van der Waals surface area contributed by atoms with Gasteiger partial charge in [-0.2, -0.15) is 4.99 Å². The van der Waals surface area contributed by atoms with Gasteiger partial charge in [-0.3, -0.25) is 4.79 Å². The van der Waals surface area contributed by atoms with Crippen molar-refractivity contribution in [1.82, 2.24) is 8.87 Å². The van der Waals surface area contributed by atoms with E-state index >= 15 is 0 Å². The van der Waals surface area contributed by atoms with Crippen molar-refractivity contribution in [3.63, 3.8) is 0 Å². The first kappa shape index (κ1) is 24.3. The average Bonchev–Trinajstić information content (AvgIpc) is 3.11. The maximum Gasteiger partial charge on any atom is 0.279 e. The van der Waals surface area contributed by atoms with E-state index < -0.39 is 15.9 Å². The lowest BCUT2D eigenvalue weighted by atomic mass is 10.2. The molecule has 32 heavy (non-hydrogen) atoms. The molecule has 0 N–H and O–H groups in total. The lowest BCUT2D eigenvalue weighted by molar-refractivity contribution is 0.0997. The third-order valence-corrected chi connectivity index (χ3v) is 8.10. The second-order valence-electron chi connectivity index (χ2n) is 7.62. The Morgan fingerprint density at radius 3 is 2.56 bits per heavy atom. The lowest BCUT2D eigenvalue weighted by Crippen LogP contribution is -2.27. The van der Waals surface area contributed by atoms with Gasteiger partial charge >= 0.3 is 0 Å². The molecular weight excluding hydrogens is 446 g/mol. The fraction of sp³-hybridized carbons (Fsp3) is 0.391. The van der Waals surface area contributed by atoms with E-state index in [-0.39, 0.29) is 4.90 Å². The van der Waals surface area contributed by atoms with Crippen LogP contribution in [0.1, 0.15) is 35.7 Å².